The lowest BCUT2D eigenvalue weighted by Gasteiger charge is -2.38. The molecule has 0 aliphatic heterocycles. The number of nitrogens with two attached hydrogens (primary N) is 1. The van der Waals surface area contributed by atoms with Crippen LogP contribution in [-0.2, 0) is 4.79 Å². The van der Waals surface area contributed by atoms with Crippen LogP contribution >= 0.6 is 0 Å². The van der Waals surface area contributed by atoms with Crippen LogP contribution in [0.25, 0.3) is 0 Å². The first kappa shape index (κ1) is 15.8. The van der Waals surface area contributed by atoms with Crippen LogP contribution in [-0.4, -0.2) is 18.0 Å². The average Bonchev–Trinajstić information content (AvgIpc) is 2.74. The first-order valence-electron chi connectivity index (χ1n) is 8.52. The predicted molar refractivity (Wildman–Crippen MR) is 83.2 cm³/mol. The molecule has 1 amide bonds. The maximum atomic E-state index is 12.3. The molecule has 3 unspecified atom stereocenters. The zero-order valence-electron chi connectivity index (χ0n) is 13.4. The number of nitrogens with one attached hydrogen (secondary N) is 1. The fraction of sp³-hybridized carbons (Fsp3) is 0.941. The minimum Gasteiger partial charge on any atom is -0.353 e. The largest absolute Gasteiger partial charge is 0.353 e. The lowest BCUT2D eigenvalue weighted by atomic mass is 9.74. The molecular weight excluding hydrogens is 248 g/mol. The van der Waals surface area contributed by atoms with Crippen molar-refractivity contribution in [1.29, 1.82) is 0 Å². The van der Waals surface area contributed by atoms with Crippen molar-refractivity contribution in [2.75, 3.05) is 0 Å². The summed E-state index contributed by atoms with van der Waals surface area (Å²) < 4.78 is 0. The first-order valence-corrected chi connectivity index (χ1v) is 8.52. The highest BCUT2D eigenvalue weighted by Crippen LogP contribution is 2.34. The van der Waals surface area contributed by atoms with Gasteiger partial charge in [0, 0.05) is 18.5 Å². The average molecular weight is 280 g/mol. The van der Waals surface area contributed by atoms with Gasteiger partial charge in [-0.25, -0.2) is 0 Å². The number of rotatable bonds is 4. The summed E-state index contributed by atoms with van der Waals surface area (Å²) in [6.07, 6.45) is 7.75. The molecule has 0 aromatic rings. The van der Waals surface area contributed by atoms with Gasteiger partial charge in [0.25, 0.3) is 0 Å². The zero-order valence-corrected chi connectivity index (χ0v) is 13.4. The van der Waals surface area contributed by atoms with Crippen LogP contribution in [0.5, 0.6) is 0 Å². The molecule has 0 spiro atoms. The van der Waals surface area contributed by atoms with E-state index in [2.05, 4.69) is 26.1 Å². The minimum absolute atomic E-state index is 0.233. The summed E-state index contributed by atoms with van der Waals surface area (Å²) in [4.78, 5) is 12.3. The highest BCUT2D eigenvalue weighted by atomic mass is 16.1. The van der Waals surface area contributed by atoms with E-state index in [-0.39, 0.29) is 11.9 Å². The molecule has 0 aromatic heterocycles. The molecule has 0 saturated heterocycles. The van der Waals surface area contributed by atoms with E-state index in [9.17, 15) is 4.79 Å². The summed E-state index contributed by atoms with van der Waals surface area (Å²) in [5.41, 5.74) is 6.08. The lowest BCUT2D eigenvalue weighted by Crippen LogP contribution is -2.46. The summed E-state index contributed by atoms with van der Waals surface area (Å²) in [6, 6.07) is 0.621. The Balaban J connectivity index is 1.87. The van der Waals surface area contributed by atoms with Crippen molar-refractivity contribution >= 4 is 5.91 Å². The number of carbonyl (C=O) groups is 1. The molecule has 2 fully saturated rings. The van der Waals surface area contributed by atoms with Gasteiger partial charge in [-0.15, -0.1) is 0 Å². The van der Waals surface area contributed by atoms with Crippen molar-refractivity contribution in [3.63, 3.8) is 0 Å². The molecule has 0 heterocycles. The summed E-state index contributed by atoms with van der Waals surface area (Å²) in [6.45, 7) is 6.88. The Labute approximate surface area is 124 Å². The Morgan fingerprint density at radius 1 is 1.25 bits per heavy atom. The molecular formula is C17H32N2O. The van der Waals surface area contributed by atoms with Crippen molar-refractivity contribution in [2.45, 2.75) is 77.8 Å². The Hall–Kier alpha value is -0.570. The van der Waals surface area contributed by atoms with Crippen LogP contribution in [0.15, 0.2) is 0 Å². The smallest absolute Gasteiger partial charge is 0.220 e. The van der Waals surface area contributed by atoms with Gasteiger partial charge < -0.3 is 11.1 Å². The third kappa shape index (κ3) is 3.97. The Morgan fingerprint density at radius 3 is 2.60 bits per heavy atom. The standard InChI is InChI=1S/C17H32N2O/c1-11(2)14-8-7-12(3)9-16(14)19-17(20)10-13-5-4-6-15(13)18/h11-16H,4-10,18H2,1-3H3,(H,19,20)/t12?,13-,14?,15+,16?/m0/s1. The van der Waals surface area contributed by atoms with Gasteiger partial charge in [-0.05, 0) is 49.4 Å². The topological polar surface area (TPSA) is 55.1 Å². The molecule has 3 nitrogen and oxygen atoms in total. The third-order valence-corrected chi connectivity index (χ3v) is 5.53. The van der Waals surface area contributed by atoms with E-state index >= 15 is 0 Å². The molecule has 3 heteroatoms. The van der Waals surface area contributed by atoms with Gasteiger partial charge in [0.05, 0.1) is 0 Å². The van der Waals surface area contributed by atoms with E-state index in [1.165, 1.54) is 19.3 Å². The van der Waals surface area contributed by atoms with E-state index in [1.807, 2.05) is 0 Å². The third-order valence-electron chi connectivity index (χ3n) is 5.53. The molecule has 2 saturated carbocycles. The molecule has 2 aliphatic rings. The van der Waals surface area contributed by atoms with E-state index in [0.717, 1.165) is 25.2 Å². The normalized spacial score (nSPS) is 38.1. The molecule has 3 N–H and O–H groups in total. The second kappa shape index (κ2) is 6.93. The summed E-state index contributed by atoms with van der Waals surface area (Å²) >= 11 is 0. The quantitative estimate of drug-likeness (QED) is 0.831. The van der Waals surface area contributed by atoms with Crippen LogP contribution in [0.2, 0.25) is 0 Å². The number of carbonyl (C=O) groups excluding carboxylic acids is 1. The van der Waals surface area contributed by atoms with Gasteiger partial charge in [0.15, 0.2) is 0 Å². The van der Waals surface area contributed by atoms with Gasteiger partial charge in [-0.1, -0.05) is 33.6 Å². The number of amides is 1. The fourth-order valence-electron chi connectivity index (χ4n) is 4.19. The Kier molecular flexibility index (Phi) is 5.48. The predicted octanol–water partition coefficient (Wildman–Crippen LogP) is 3.08. The van der Waals surface area contributed by atoms with Crippen LogP contribution in [0, 0.1) is 23.7 Å². The van der Waals surface area contributed by atoms with Crippen molar-refractivity contribution in [3.8, 4) is 0 Å². The van der Waals surface area contributed by atoms with Gasteiger partial charge in [0.1, 0.15) is 0 Å². The number of hydrogen-bond donors (Lipinski definition) is 2. The van der Waals surface area contributed by atoms with E-state index in [0.29, 0.717) is 30.2 Å². The van der Waals surface area contributed by atoms with Crippen LogP contribution in [0.3, 0.4) is 0 Å². The summed E-state index contributed by atoms with van der Waals surface area (Å²) in [5.74, 6) is 2.68. The highest BCUT2D eigenvalue weighted by molar-refractivity contribution is 5.76. The molecule has 2 aliphatic carbocycles. The lowest BCUT2D eigenvalue weighted by molar-refractivity contribution is -0.123. The van der Waals surface area contributed by atoms with Gasteiger partial charge in [-0.3, -0.25) is 4.79 Å². The highest BCUT2D eigenvalue weighted by Gasteiger charge is 2.33. The second-order valence-corrected chi connectivity index (χ2v) is 7.56. The van der Waals surface area contributed by atoms with Crippen LogP contribution < -0.4 is 11.1 Å². The zero-order chi connectivity index (χ0) is 14.7. The molecule has 5 atom stereocenters. The van der Waals surface area contributed by atoms with Crippen molar-refractivity contribution in [1.82, 2.24) is 5.32 Å². The molecule has 20 heavy (non-hydrogen) atoms. The fourth-order valence-corrected chi connectivity index (χ4v) is 4.19. The van der Waals surface area contributed by atoms with Gasteiger partial charge >= 0.3 is 0 Å². The Morgan fingerprint density at radius 2 is 2.00 bits per heavy atom. The number of hydrogen-bond acceptors (Lipinski definition) is 2. The molecule has 0 radical (unpaired) electrons. The maximum absolute atomic E-state index is 12.3. The van der Waals surface area contributed by atoms with Crippen LogP contribution in [0.4, 0.5) is 0 Å². The van der Waals surface area contributed by atoms with E-state index in [1.54, 1.807) is 0 Å². The van der Waals surface area contributed by atoms with Crippen molar-refractivity contribution in [2.24, 2.45) is 29.4 Å². The minimum atomic E-state index is 0.233. The first-order chi connectivity index (χ1) is 9.47. The molecule has 0 aromatic carbocycles. The maximum Gasteiger partial charge on any atom is 0.220 e. The molecule has 0 bridgehead atoms. The van der Waals surface area contributed by atoms with Crippen molar-refractivity contribution in [3.05, 3.63) is 0 Å². The Bertz CT molecular complexity index is 329. The van der Waals surface area contributed by atoms with E-state index < -0.39 is 0 Å². The molecule has 2 rings (SSSR count). The van der Waals surface area contributed by atoms with E-state index in [4.69, 9.17) is 5.73 Å². The van der Waals surface area contributed by atoms with Gasteiger partial charge in [0.2, 0.25) is 5.91 Å². The monoisotopic (exact) mass is 280 g/mol. The van der Waals surface area contributed by atoms with Gasteiger partial charge in [-0.2, -0.15) is 0 Å². The molecule has 116 valence electrons. The second-order valence-electron chi connectivity index (χ2n) is 7.56. The summed E-state index contributed by atoms with van der Waals surface area (Å²) in [5, 5.41) is 3.33. The van der Waals surface area contributed by atoms with Crippen LogP contribution in [0.1, 0.15) is 65.7 Å². The summed E-state index contributed by atoms with van der Waals surface area (Å²) in [7, 11) is 0. The van der Waals surface area contributed by atoms with Crippen molar-refractivity contribution < 1.29 is 4.79 Å². The SMILES string of the molecule is CC1CCC(C(C)C)C(NC(=O)C[C@@H]2CCC[C@H]2N)C1.